The van der Waals surface area contributed by atoms with Crippen LogP contribution in [0.2, 0.25) is 0 Å². The van der Waals surface area contributed by atoms with E-state index in [1.807, 2.05) is 18.2 Å². The second-order valence-corrected chi connectivity index (χ2v) is 6.88. The van der Waals surface area contributed by atoms with Gasteiger partial charge >= 0.3 is 0 Å². The summed E-state index contributed by atoms with van der Waals surface area (Å²) in [6.45, 7) is 0.717. The van der Waals surface area contributed by atoms with E-state index in [1.54, 1.807) is 0 Å². The lowest BCUT2D eigenvalue weighted by Gasteiger charge is -2.37. The SMILES string of the molecule is O=C1C[C@@H](NC(=O)C2(c3ccccc3)CCCCC2)CCCN1. The molecule has 0 spiro atoms. The zero-order valence-electron chi connectivity index (χ0n) is 13.6. The van der Waals surface area contributed by atoms with Gasteiger partial charge in [-0.05, 0) is 31.2 Å². The molecule has 4 nitrogen and oxygen atoms in total. The molecule has 0 aromatic heterocycles. The summed E-state index contributed by atoms with van der Waals surface area (Å²) in [5.41, 5.74) is 0.706. The molecule has 1 heterocycles. The second-order valence-electron chi connectivity index (χ2n) is 6.88. The Morgan fingerprint density at radius 3 is 2.57 bits per heavy atom. The van der Waals surface area contributed by atoms with Crippen LogP contribution < -0.4 is 10.6 Å². The first-order valence-electron chi connectivity index (χ1n) is 8.84. The van der Waals surface area contributed by atoms with Crippen molar-refractivity contribution in [2.45, 2.75) is 62.8 Å². The Kier molecular flexibility index (Phi) is 4.99. The highest BCUT2D eigenvalue weighted by atomic mass is 16.2. The predicted octanol–water partition coefficient (Wildman–Crippen LogP) is 2.67. The molecule has 124 valence electrons. The number of rotatable bonds is 3. The fourth-order valence-corrected chi connectivity index (χ4v) is 3.98. The van der Waals surface area contributed by atoms with Crippen LogP contribution >= 0.6 is 0 Å². The van der Waals surface area contributed by atoms with Crippen LogP contribution in [0.15, 0.2) is 30.3 Å². The lowest BCUT2D eigenvalue weighted by molar-refractivity contribution is -0.129. The molecular weight excluding hydrogens is 288 g/mol. The molecule has 1 aromatic rings. The minimum atomic E-state index is -0.414. The largest absolute Gasteiger partial charge is 0.356 e. The van der Waals surface area contributed by atoms with Crippen LogP contribution in [0.1, 0.15) is 56.9 Å². The average molecular weight is 314 g/mol. The molecule has 0 unspecified atom stereocenters. The summed E-state index contributed by atoms with van der Waals surface area (Å²) in [4.78, 5) is 24.9. The van der Waals surface area contributed by atoms with Crippen molar-refractivity contribution in [3.8, 4) is 0 Å². The van der Waals surface area contributed by atoms with Crippen molar-refractivity contribution < 1.29 is 9.59 Å². The van der Waals surface area contributed by atoms with E-state index in [0.717, 1.165) is 50.6 Å². The van der Waals surface area contributed by atoms with Crippen molar-refractivity contribution >= 4 is 11.8 Å². The molecule has 2 fully saturated rings. The average Bonchev–Trinajstić information content (AvgIpc) is 2.80. The van der Waals surface area contributed by atoms with Gasteiger partial charge in [-0.15, -0.1) is 0 Å². The van der Waals surface area contributed by atoms with Gasteiger partial charge in [-0.2, -0.15) is 0 Å². The fraction of sp³-hybridized carbons (Fsp3) is 0.579. The van der Waals surface area contributed by atoms with E-state index >= 15 is 0 Å². The Morgan fingerprint density at radius 1 is 1.09 bits per heavy atom. The molecule has 1 aliphatic carbocycles. The smallest absolute Gasteiger partial charge is 0.230 e. The van der Waals surface area contributed by atoms with Crippen LogP contribution in [0.4, 0.5) is 0 Å². The summed E-state index contributed by atoms with van der Waals surface area (Å²) in [6.07, 6.45) is 7.39. The lowest BCUT2D eigenvalue weighted by atomic mass is 9.68. The van der Waals surface area contributed by atoms with Gasteiger partial charge < -0.3 is 10.6 Å². The van der Waals surface area contributed by atoms with Crippen LogP contribution in [0.3, 0.4) is 0 Å². The molecular formula is C19H26N2O2. The molecule has 3 rings (SSSR count). The van der Waals surface area contributed by atoms with Gasteiger partial charge in [-0.1, -0.05) is 49.6 Å². The number of hydrogen-bond donors (Lipinski definition) is 2. The molecule has 2 amide bonds. The van der Waals surface area contributed by atoms with Crippen molar-refractivity contribution in [3.63, 3.8) is 0 Å². The van der Waals surface area contributed by atoms with E-state index in [1.165, 1.54) is 6.42 Å². The molecule has 2 aliphatic rings. The number of carbonyl (C=O) groups excluding carboxylic acids is 2. The standard InChI is InChI=1S/C19H26N2O2/c22-17-14-16(10-7-13-20-17)21-18(23)19(11-5-2-6-12-19)15-8-3-1-4-9-15/h1,3-4,8-9,16H,2,5-7,10-14H2,(H,20,22)(H,21,23)/t16-/m0/s1. The minimum Gasteiger partial charge on any atom is -0.356 e. The van der Waals surface area contributed by atoms with E-state index in [4.69, 9.17) is 0 Å². The van der Waals surface area contributed by atoms with Crippen LogP contribution in [-0.2, 0) is 15.0 Å². The van der Waals surface area contributed by atoms with Gasteiger partial charge in [0.05, 0.1) is 5.41 Å². The quantitative estimate of drug-likeness (QED) is 0.901. The molecule has 4 heteroatoms. The zero-order valence-corrected chi connectivity index (χ0v) is 13.6. The summed E-state index contributed by atoms with van der Waals surface area (Å²) in [5, 5.41) is 6.08. The van der Waals surface area contributed by atoms with E-state index in [9.17, 15) is 9.59 Å². The minimum absolute atomic E-state index is 0.0347. The van der Waals surface area contributed by atoms with Gasteiger partial charge in [-0.3, -0.25) is 9.59 Å². The summed E-state index contributed by atoms with van der Waals surface area (Å²) in [7, 11) is 0. The van der Waals surface area contributed by atoms with E-state index in [2.05, 4.69) is 22.8 Å². The third kappa shape index (κ3) is 3.57. The van der Waals surface area contributed by atoms with E-state index in [-0.39, 0.29) is 17.9 Å². The Balaban J connectivity index is 1.79. The highest BCUT2D eigenvalue weighted by Crippen LogP contribution is 2.39. The molecule has 2 N–H and O–H groups in total. The van der Waals surface area contributed by atoms with Crippen LogP contribution in [0.25, 0.3) is 0 Å². The normalized spacial score (nSPS) is 24.3. The van der Waals surface area contributed by atoms with Crippen molar-refractivity contribution in [1.29, 1.82) is 0 Å². The molecule has 1 saturated carbocycles. The summed E-state index contributed by atoms with van der Waals surface area (Å²) in [6, 6.07) is 10.1. The van der Waals surface area contributed by atoms with Gasteiger partial charge in [-0.25, -0.2) is 0 Å². The highest BCUT2D eigenvalue weighted by molar-refractivity contribution is 5.89. The van der Waals surface area contributed by atoms with Gasteiger partial charge in [0.15, 0.2) is 0 Å². The predicted molar refractivity (Wildman–Crippen MR) is 90.0 cm³/mol. The molecule has 1 atom stereocenters. The molecule has 1 aliphatic heterocycles. The van der Waals surface area contributed by atoms with Gasteiger partial charge in [0.25, 0.3) is 0 Å². The van der Waals surface area contributed by atoms with Crippen molar-refractivity contribution in [2.75, 3.05) is 6.54 Å². The Bertz CT molecular complexity index is 550. The number of amides is 2. The topological polar surface area (TPSA) is 58.2 Å². The summed E-state index contributed by atoms with van der Waals surface area (Å²) < 4.78 is 0. The molecule has 23 heavy (non-hydrogen) atoms. The van der Waals surface area contributed by atoms with Gasteiger partial charge in [0, 0.05) is 19.0 Å². The maximum atomic E-state index is 13.2. The van der Waals surface area contributed by atoms with Crippen molar-refractivity contribution in [3.05, 3.63) is 35.9 Å². The summed E-state index contributed by atoms with van der Waals surface area (Å²) >= 11 is 0. The monoisotopic (exact) mass is 314 g/mol. The first-order chi connectivity index (χ1) is 11.2. The number of hydrogen-bond acceptors (Lipinski definition) is 2. The highest BCUT2D eigenvalue weighted by Gasteiger charge is 2.41. The maximum Gasteiger partial charge on any atom is 0.230 e. The van der Waals surface area contributed by atoms with Crippen LogP contribution in [0, 0.1) is 0 Å². The second kappa shape index (κ2) is 7.16. The summed E-state index contributed by atoms with van der Waals surface area (Å²) in [5.74, 6) is 0.160. The Hall–Kier alpha value is -1.84. The Labute approximate surface area is 138 Å². The number of nitrogens with one attached hydrogen (secondary N) is 2. The third-order valence-electron chi connectivity index (χ3n) is 5.29. The van der Waals surface area contributed by atoms with Crippen molar-refractivity contribution in [1.82, 2.24) is 10.6 Å². The molecule has 0 radical (unpaired) electrons. The van der Waals surface area contributed by atoms with E-state index in [0.29, 0.717) is 6.42 Å². The first kappa shape index (κ1) is 16.0. The number of benzene rings is 1. The van der Waals surface area contributed by atoms with Gasteiger partial charge in [0.2, 0.25) is 11.8 Å². The molecule has 1 aromatic carbocycles. The molecule has 0 bridgehead atoms. The Morgan fingerprint density at radius 2 is 1.83 bits per heavy atom. The number of carbonyl (C=O) groups is 2. The van der Waals surface area contributed by atoms with Gasteiger partial charge in [0.1, 0.15) is 0 Å². The van der Waals surface area contributed by atoms with Crippen LogP contribution in [0.5, 0.6) is 0 Å². The fourth-order valence-electron chi connectivity index (χ4n) is 3.98. The van der Waals surface area contributed by atoms with E-state index < -0.39 is 5.41 Å². The van der Waals surface area contributed by atoms with Crippen molar-refractivity contribution in [2.24, 2.45) is 0 Å². The molecule has 1 saturated heterocycles. The maximum absolute atomic E-state index is 13.2. The zero-order chi connectivity index (χ0) is 16.1. The first-order valence-corrected chi connectivity index (χ1v) is 8.84. The third-order valence-corrected chi connectivity index (χ3v) is 5.29. The lowest BCUT2D eigenvalue weighted by Crippen LogP contribution is -2.49. The van der Waals surface area contributed by atoms with Crippen LogP contribution in [-0.4, -0.2) is 24.4 Å².